The number of aryl methyl sites for hydroxylation is 1. The highest BCUT2D eigenvalue weighted by atomic mass is 79.9. The lowest BCUT2D eigenvalue weighted by molar-refractivity contribution is -0.141. The van der Waals surface area contributed by atoms with E-state index < -0.39 is 35.2 Å². The van der Waals surface area contributed by atoms with Gasteiger partial charge in [-0.15, -0.1) is 0 Å². The number of benzene rings is 2. The zero-order valence-corrected chi connectivity index (χ0v) is 19.3. The largest absolute Gasteiger partial charge is 0.435 e. The molecule has 2 aromatic carbocycles. The Labute approximate surface area is 195 Å². The Bertz CT molecular complexity index is 1220. The molecule has 0 unspecified atom stereocenters. The summed E-state index contributed by atoms with van der Waals surface area (Å²) in [7, 11) is 0. The van der Waals surface area contributed by atoms with E-state index in [0.717, 1.165) is 6.07 Å². The minimum Gasteiger partial charge on any atom is -0.350 e. The van der Waals surface area contributed by atoms with Crippen molar-refractivity contribution in [3.63, 3.8) is 0 Å². The number of alkyl halides is 3. The summed E-state index contributed by atoms with van der Waals surface area (Å²) >= 11 is 3.29. The Kier molecular flexibility index (Phi) is 6.92. The minimum atomic E-state index is -4.86. The van der Waals surface area contributed by atoms with Crippen molar-refractivity contribution in [2.24, 2.45) is 0 Å². The number of rotatable bonds is 5. The van der Waals surface area contributed by atoms with E-state index >= 15 is 0 Å². The maximum absolute atomic E-state index is 14.3. The lowest BCUT2D eigenvalue weighted by Gasteiger charge is -2.16. The lowest BCUT2D eigenvalue weighted by atomic mass is 10.1. The first-order valence-corrected chi connectivity index (χ1v) is 10.5. The van der Waals surface area contributed by atoms with Gasteiger partial charge in [0.25, 0.3) is 11.8 Å². The smallest absolute Gasteiger partial charge is 0.350 e. The molecule has 1 aromatic heterocycles. The van der Waals surface area contributed by atoms with Gasteiger partial charge in [-0.1, -0.05) is 28.1 Å². The summed E-state index contributed by atoms with van der Waals surface area (Å²) in [5.74, 6) is -2.34. The lowest BCUT2D eigenvalue weighted by Crippen LogP contribution is -2.31. The summed E-state index contributed by atoms with van der Waals surface area (Å²) in [5.41, 5.74) is -1.54. The first-order valence-electron chi connectivity index (χ1n) is 9.73. The first-order chi connectivity index (χ1) is 15.4. The molecule has 11 heteroatoms. The zero-order chi connectivity index (χ0) is 24.5. The van der Waals surface area contributed by atoms with Crippen LogP contribution in [-0.4, -0.2) is 27.6 Å². The summed E-state index contributed by atoms with van der Waals surface area (Å²) in [6.07, 6.45) is -4.86. The molecule has 3 rings (SSSR count). The number of carbonyl (C=O) groups excluding carboxylic acids is 2. The van der Waals surface area contributed by atoms with Gasteiger partial charge in [-0.3, -0.25) is 9.59 Å². The number of carbonyl (C=O) groups is 2. The van der Waals surface area contributed by atoms with Gasteiger partial charge in [0, 0.05) is 16.6 Å². The Balaban J connectivity index is 2.10. The highest BCUT2D eigenvalue weighted by molar-refractivity contribution is 9.10. The molecule has 3 aromatic rings. The van der Waals surface area contributed by atoms with E-state index in [9.17, 15) is 27.2 Å². The molecule has 0 aliphatic rings. The van der Waals surface area contributed by atoms with Crippen molar-refractivity contribution in [2.45, 2.75) is 33.0 Å². The third-order valence-electron chi connectivity index (χ3n) is 4.52. The van der Waals surface area contributed by atoms with Gasteiger partial charge in [0.1, 0.15) is 17.2 Å². The van der Waals surface area contributed by atoms with Crippen LogP contribution in [0.4, 0.5) is 23.2 Å². The number of nitrogens with zero attached hydrogens (tertiary/aromatic N) is 2. The third-order valence-corrected chi connectivity index (χ3v) is 4.97. The molecule has 33 heavy (non-hydrogen) atoms. The van der Waals surface area contributed by atoms with Crippen LogP contribution in [0.15, 0.2) is 46.9 Å². The highest BCUT2D eigenvalue weighted by Gasteiger charge is 2.36. The van der Waals surface area contributed by atoms with Crippen LogP contribution in [0.3, 0.4) is 0 Å². The second-order valence-corrected chi connectivity index (χ2v) is 8.42. The van der Waals surface area contributed by atoms with Gasteiger partial charge in [-0.05, 0) is 50.6 Å². The van der Waals surface area contributed by atoms with Crippen LogP contribution in [0.25, 0.3) is 5.69 Å². The molecular weight excluding hydrogens is 508 g/mol. The molecule has 0 aliphatic heterocycles. The number of para-hydroxylation sites is 1. The van der Waals surface area contributed by atoms with E-state index in [1.165, 1.54) is 24.3 Å². The molecule has 0 saturated carbocycles. The second kappa shape index (κ2) is 9.34. The summed E-state index contributed by atoms with van der Waals surface area (Å²) in [6.45, 7) is 5.14. The monoisotopic (exact) mass is 526 g/mol. The van der Waals surface area contributed by atoms with Gasteiger partial charge in [-0.2, -0.15) is 18.3 Å². The number of amides is 2. The van der Waals surface area contributed by atoms with E-state index in [1.807, 2.05) is 0 Å². The second-order valence-electron chi connectivity index (χ2n) is 7.50. The maximum atomic E-state index is 14.3. The van der Waals surface area contributed by atoms with Gasteiger partial charge in [0.2, 0.25) is 0 Å². The average molecular weight is 527 g/mol. The van der Waals surface area contributed by atoms with E-state index in [1.54, 1.807) is 26.8 Å². The number of nitrogens with one attached hydrogen (secondary N) is 2. The fourth-order valence-corrected chi connectivity index (χ4v) is 3.67. The van der Waals surface area contributed by atoms with Crippen molar-refractivity contribution in [1.29, 1.82) is 0 Å². The van der Waals surface area contributed by atoms with Crippen LogP contribution < -0.4 is 10.6 Å². The van der Waals surface area contributed by atoms with Crippen molar-refractivity contribution >= 4 is 33.4 Å². The van der Waals surface area contributed by atoms with Crippen molar-refractivity contribution in [3.05, 3.63) is 75.3 Å². The molecule has 0 saturated heterocycles. The number of aromatic nitrogens is 2. The maximum Gasteiger partial charge on any atom is 0.435 e. The first kappa shape index (κ1) is 24.4. The molecule has 0 bridgehead atoms. The molecule has 0 radical (unpaired) electrons. The predicted octanol–water partition coefficient (Wildman–Crippen LogP) is 5.49. The van der Waals surface area contributed by atoms with Crippen molar-refractivity contribution in [3.8, 4) is 5.69 Å². The van der Waals surface area contributed by atoms with Crippen molar-refractivity contribution < 1.29 is 27.2 Å². The Morgan fingerprint density at radius 3 is 2.36 bits per heavy atom. The summed E-state index contributed by atoms with van der Waals surface area (Å²) < 4.78 is 55.5. The van der Waals surface area contributed by atoms with Crippen LogP contribution in [0.5, 0.6) is 0 Å². The van der Waals surface area contributed by atoms with Crippen LogP contribution in [-0.2, 0) is 6.18 Å². The number of anilines is 1. The molecule has 0 fully saturated rings. The molecule has 174 valence electrons. The van der Waals surface area contributed by atoms with Crippen LogP contribution >= 0.6 is 15.9 Å². The molecule has 0 spiro atoms. The fourth-order valence-electron chi connectivity index (χ4n) is 3.09. The zero-order valence-electron chi connectivity index (χ0n) is 17.7. The molecule has 0 atom stereocenters. The summed E-state index contributed by atoms with van der Waals surface area (Å²) in [4.78, 5) is 25.8. The average Bonchev–Trinajstić information content (AvgIpc) is 3.15. The Hall–Kier alpha value is -3.21. The molecule has 2 amide bonds. The number of hydrogen-bond donors (Lipinski definition) is 2. The predicted molar refractivity (Wildman–Crippen MR) is 118 cm³/mol. The van der Waals surface area contributed by atoms with Crippen molar-refractivity contribution in [2.75, 3.05) is 5.32 Å². The van der Waals surface area contributed by atoms with Gasteiger partial charge in [0.05, 0.1) is 11.3 Å². The molecule has 6 nitrogen and oxygen atoms in total. The van der Waals surface area contributed by atoms with Gasteiger partial charge in [-0.25, -0.2) is 9.07 Å². The highest BCUT2D eigenvalue weighted by Crippen LogP contribution is 2.31. The molecule has 0 aliphatic carbocycles. The van der Waals surface area contributed by atoms with E-state index in [0.29, 0.717) is 20.8 Å². The van der Waals surface area contributed by atoms with Crippen molar-refractivity contribution in [1.82, 2.24) is 15.1 Å². The van der Waals surface area contributed by atoms with Gasteiger partial charge in [0.15, 0.2) is 5.69 Å². The van der Waals surface area contributed by atoms with Gasteiger partial charge < -0.3 is 10.6 Å². The quantitative estimate of drug-likeness (QED) is 0.431. The Morgan fingerprint density at radius 1 is 1.09 bits per heavy atom. The molecular formula is C22H19BrF4N4O2. The van der Waals surface area contributed by atoms with Crippen LogP contribution in [0, 0.1) is 12.7 Å². The van der Waals surface area contributed by atoms with Crippen LogP contribution in [0.2, 0.25) is 0 Å². The normalized spacial score (nSPS) is 11.5. The number of hydrogen-bond acceptors (Lipinski definition) is 3. The standard InChI is InChI=1S/C22H19BrF4N4O2/c1-11(2)28-20(32)14-9-13(23)8-12(3)19(14)29-21(33)17-10-18(22(25,26)27)30-31(17)16-7-5-4-6-15(16)24/h4-11H,1-3H3,(H,28,32)(H,29,33). The van der Waals surface area contributed by atoms with E-state index in [2.05, 4.69) is 31.7 Å². The number of halogens is 5. The molecule has 2 N–H and O–H groups in total. The molecule has 1 heterocycles. The third kappa shape index (κ3) is 5.41. The summed E-state index contributed by atoms with van der Waals surface area (Å²) in [5, 5.41) is 8.62. The topological polar surface area (TPSA) is 76.0 Å². The SMILES string of the molecule is Cc1cc(Br)cc(C(=O)NC(C)C)c1NC(=O)c1cc(C(F)(F)F)nn1-c1ccccc1F. The van der Waals surface area contributed by atoms with E-state index in [-0.39, 0.29) is 23.0 Å². The fraction of sp³-hybridized carbons (Fsp3) is 0.227. The Morgan fingerprint density at radius 2 is 1.76 bits per heavy atom. The van der Waals surface area contributed by atoms with Gasteiger partial charge >= 0.3 is 6.18 Å². The summed E-state index contributed by atoms with van der Waals surface area (Å²) in [6, 6.07) is 8.46. The van der Waals surface area contributed by atoms with Crippen LogP contribution in [0.1, 0.15) is 46.0 Å². The van der Waals surface area contributed by atoms with E-state index in [4.69, 9.17) is 0 Å². The minimum absolute atomic E-state index is 0.108.